The molecule has 0 amide bonds. The molecule has 0 atom stereocenters. The van der Waals surface area contributed by atoms with Crippen LogP contribution in [-0.2, 0) is 13.0 Å². The maximum Gasteiger partial charge on any atom is 0.133 e. The summed E-state index contributed by atoms with van der Waals surface area (Å²) in [6.07, 6.45) is 0.969. The van der Waals surface area contributed by atoms with Gasteiger partial charge in [-0.25, -0.2) is 0 Å². The van der Waals surface area contributed by atoms with E-state index in [1.807, 2.05) is 24.3 Å². The molecule has 1 aliphatic rings. The second kappa shape index (κ2) is 5.55. The number of hydrogen-bond acceptors (Lipinski definition) is 2. The molecule has 2 nitrogen and oxygen atoms in total. The number of benzene rings is 2. The molecule has 19 heavy (non-hydrogen) atoms. The maximum absolute atomic E-state index is 5.86. The molecule has 0 unspecified atom stereocenters. The van der Waals surface area contributed by atoms with Crippen molar-refractivity contribution in [3.8, 4) is 11.5 Å². The number of hydrogen-bond donors (Lipinski definition) is 0. The third-order valence-electron chi connectivity index (χ3n) is 3.05. The number of para-hydroxylation sites is 1. The van der Waals surface area contributed by atoms with Crippen LogP contribution < -0.4 is 9.47 Å². The molecule has 0 saturated heterocycles. The molecule has 1 aliphatic heterocycles. The summed E-state index contributed by atoms with van der Waals surface area (Å²) in [5.74, 6) is 1.82. The predicted octanol–water partition coefficient (Wildman–Crippen LogP) is 4.73. The molecule has 0 aliphatic carbocycles. The van der Waals surface area contributed by atoms with Crippen LogP contribution in [0.15, 0.2) is 45.3 Å². The zero-order valence-electron chi connectivity index (χ0n) is 10.2. The minimum absolute atomic E-state index is 0.504. The van der Waals surface area contributed by atoms with Gasteiger partial charge in [-0.2, -0.15) is 0 Å². The van der Waals surface area contributed by atoms with Crippen molar-refractivity contribution >= 4 is 31.9 Å². The number of ether oxygens (including phenoxy) is 2. The highest BCUT2D eigenvalue weighted by Crippen LogP contribution is 2.34. The fraction of sp³-hybridized carbons (Fsp3) is 0.200. The monoisotopic (exact) mass is 382 g/mol. The Morgan fingerprint density at radius 3 is 2.84 bits per heavy atom. The quantitative estimate of drug-likeness (QED) is 0.762. The second-order valence-electron chi connectivity index (χ2n) is 4.37. The lowest BCUT2D eigenvalue weighted by Gasteiger charge is -2.11. The average Bonchev–Trinajstić information content (AvgIpc) is 2.85. The molecular formula is C15H12Br2O2. The van der Waals surface area contributed by atoms with Gasteiger partial charge in [-0.05, 0) is 45.8 Å². The van der Waals surface area contributed by atoms with Crippen molar-refractivity contribution in [1.82, 2.24) is 0 Å². The summed E-state index contributed by atoms with van der Waals surface area (Å²) in [6, 6.07) is 12.0. The van der Waals surface area contributed by atoms with Gasteiger partial charge in [0, 0.05) is 16.5 Å². The molecule has 0 spiro atoms. The zero-order chi connectivity index (χ0) is 13.2. The van der Waals surface area contributed by atoms with E-state index in [1.54, 1.807) is 0 Å². The number of halogens is 2. The Labute approximate surface area is 129 Å². The Bertz CT molecular complexity index is 611. The molecule has 0 aromatic heterocycles. The molecule has 0 saturated carbocycles. The second-order valence-corrected chi connectivity index (χ2v) is 6.14. The summed E-state index contributed by atoms with van der Waals surface area (Å²) in [6.45, 7) is 1.26. The van der Waals surface area contributed by atoms with Crippen LogP contribution in [0.1, 0.15) is 11.1 Å². The molecule has 0 N–H and O–H groups in total. The van der Waals surface area contributed by atoms with E-state index in [9.17, 15) is 0 Å². The molecule has 3 rings (SSSR count). The number of rotatable bonds is 3. The van der Waals surface area contributed by atoms with Gasteiger partial charge in [0.1, 0.15) is 18.1 Å². The SMILES string of the molecule is Brc1cc2c(c(COc3ccccc3Br)c1)OCC2. The van der Waals surface area contributed by atoms with Crippen molar-refractivity contribution in [1.29, 1.82) is 0 Å². The number of fused-ring (bicyclic) bond motifs is 1. The fourth-order valence-corrected chi connectivity index (χ4v) is 3.12. The molecular weight excluding hydrogens is 372 g/mol. The standard InChI is InChI=1S/C15H12Br2O2/c16-12-7-10-5-6-18-15(10)11(8-12)9-19-14-4-2-1-3-13(14)17/h1-4,7-8H,5-6,9H2. The van der Waals surface area contributed by atoms with Gasteiger partial charge in [0.2, 0.25) is 0 Å². The van der Waals surface area contributed by atoms with Crippen molar-refractivity contribution < 1.29 is 9.47 Å². The lowest BCUT2D eigenvalue weighted by atomic mass is 10.1. The molecule has 0 bridgehead atoms. The predicted molar refractivity (Wildman–Crippen MR) is 81.8 cm³/mol. The molecule has 2 aromatic rings. The van der Waals surface area contributed by atoms with Crippen LogP contribution in [0.4, 0.5) is 0 Å². The molecule has 2 aromatic carbocycles. The summed E-state index contributed by atoms with van der Waals surface area (Å²) in [5.41, 5.74) is 2.33. The van der Waals surface area contributed by atoms with Crippen molar-refractivity contribution in [2.24, 2.45) is 0 Å². The lowest BCUT2D eigenvalue weighted by Crippen LogP contribution is -1.99. The normalized spacial score (nSPS) is 12.9. The molecule has 1 heterocycles. The summed E-state index contributed by atoms with van der Waals surface area (Å²) < 4.78 is 13.6. The van der Waals surface area contributed by atoms with Crippen molar-refractivity contribution in [2.75, 3.05) is 6.61 Å². The maximum atomic E-state index is 5.86. The van der Waals surface area contributed by atoms with Gasteiger partial charge in [0.15, 0.2) is 0 Å². The molecule has 4 heteroatoms. The van der Waals surface area contributed by atoms with Gasteiger partial charge < -0.3 is 9.47 Å². The van der Waals surface area contributed by atoms with E-state index in [0.29, 0.717) is 6.61 Å². The summed E-state index contributed by atoms with van der Waals surface area (Å²) in [5, 5.41) is 0. The molecule has 98 valence electrons. The average molecular weight is 384 g/mol. The van der Waals surface area contributed by atoms with Gasteiger partial charge in [0.05, 0.1) is 11.1 Å². The van der Waals surface area contributed by atoms with Crippen molar-refractivity contribution in [3.63, 3.8) is 0 Å². The van der Waals surface area contributed by atoms with Gasteiger partial charge in [0.25, 0.3) is 0 Å². The van der Waals surface area contributed by atoms with Crippen LogP contribution in [0.2, 0.25) is 0 Å². The van der Waals surface area contributed by atoms with E-state index in [4.69, 9.17) is 9.47 Å². The van der Waals surface area contributed by atoms with Crippen molar-refractivity contribution in [2.45, 2.75) is 13.0 Å². The smallest absolute Gasteiger partial charge is 0.133 e. The lowest BCUT2D eigenvalue weighted by molar-refractivity contribution is 0.290. The Hall–Kier alpha value is -1.00. The van der Waals surface area contributed by atoms with Crippen LogP contribution in [0.5, 0.6) is 11.5 Å². The Morgan fingerprint density at radius 1 is 1.16 bits per heavy atom. The first-order valence-corrected chi connectivity index (χ1v) is 7.64. The third-order valence-corrected chi connectivity index (χ3v) is 4.16. The third kappa shape index (κ3) is 2.79. The minimum Gasteiger partial charge on any atom is -0.493 e. The van der Waals surface area contributed by atoms with E-state index in [1.165, 1.54) is 5.56 Å². The first kappa shape index (κ1) is 13.0. The van der Waals surface area contributed by atoms with Gasteiger partial charge in [-0.3, -0.25) is 0 Å². The van der Waals surface area contributed by atoms with Gasteiger partial charge in [-0.1, -0.05) is 28.1 Å². The molecule has 0 radical (unpaired) electrons. The summed E-state index contributed by atoms with van der Waals surface area (Å²) in [4.78, 5) is 0. The fourth-order valence-electron chi connectivity index (χ4n) is 2.17. The minimum atomic E-state index is 0.504. The van der Waals surface area contributed by atoms with Crippen LogP contribution in [-0.4, -0.2) is 6.61 Å². The zero-order valence-corrected chi connectivity index (χ0v) is 13.3. The first-order chi connectivity index (χ1) is 9.24. The van der Waals surface area contributed by atoms with Crippen molar-refractivity contribution in [3.05, 3.63) is 56.5 Å². The Morgan fingerprint density at radius 2 is 2.00 bits per heavy atom. The topological polar surface area (TPSA) is 18.5 Å². The van der Waals surface area contributed by atoms with E-state index in [-0.39, 0.29) is 0 Å². The van der Waals surface area contributed by atoms with Crippen LogP contribution in [0.25, 0.3) is 0 Å². The van der Waals surface area contributed by atoms with E-state index in [0.717, 1.165) is 39.0 Å². The largest absolute Gasteiger partial charge is 0.493 e. The van der Waals surface area contributed by atoms with E-state index >= 15 is 0 Å². The summed E-state index contributed by atoms with van der Waals surface area (Å²) in [7, 11) is 0. The highest BCUT2D eigenvalue weighted by atomic mass is 79.9. The van der Waals surface area contributed by atoms with Crippen LogP contribution >= 0.6 is 31.9 Å². The van der Waals surface area contributed by atoms with Gasteiger partial charge in [-0.15, -0.1) is 0 Å². The highest BCUT2D eigenvalue weighted by Gasteiger charge is 2.17. The first-order valence-electron chi connectivity index (χ1n) is 6.05. The van der Waals surface area contributed by atoms with Gasteiger partial charge >= 0.3 is 0 Å². The highest BCUT2D eigenvalue weighted by molar-refractivity contribution is 9.10. The Balaban J connectivity index is 1.83. The Kier molecular flexibility index (Phi) is 3.80. The van der Waals surface area contributed by atoms with E-state index in [2.05, 4.69) is 44.0 Å². The van der Waals surface area contributed by atoms with Crippen LogP contribution in [0.3, 0.4) is 0 Å². The summed E-state index contributed by atoms with van der Waals surface area (Å²) >= 11 is 7.02. The molecule has 0 fully saturated rings. The van der Waals surface area contributed by atoms with Crippen LogP contribution in [0, 0.1) is 0 Å². The van der Waals surface area contributed by atoms with E-state index < -0.39 is 0 Å².